The third kappa shape index (κ3) is 5.17. The number of aliphatic carboxylic acids is 1. The van der Waals surface area contributed by atoms with Gasteiger partial charge in [-0.2, -0.15) is 0 Å². The fourth-order valence-corrected chi connectivity index (χ4v) is 5.00. The standard InChI is InChI=1S/C27H32N2O6/c1-27(16-34-2,25(32)28-14-22(24(30)31)17-8-7-9-17)29-26(33)35-15-23-20-12-5-3-10-18(20)19-11-4-6-13-21(19)23/h3-6,10-13,17,22-23H,7-9,14-16H2,1-2H3,(H,28,32)(H,29,33)(H,30,31). The van der Waals surface area contributed by atoms with Crippen LogP contribution in [-0.4, -0.2) is 55.5 Å². The number of fused-ring (bicyclic) bond motifs is 3. The third-order valence-electron chi connectivity index (χ3n) is 7.17. The van der Waals surface area contributed by atoms with Crippen LogP contribution >= 0.6 is 0 Å². The molecular formula is C27H32N2O6. The van der Waals surface area contributed by atoms with Gasteiger partial charge in [-0.1, -0.05) is 55.0 Å². The molecule has 3 N–H and O–H groups in total. The molecule has 2 amide bonds. The summed E-state index contributed by atoms with van der Waals surface area (Å²) in [7, 11) is 1.43. The molecule has 8 nitrogen and oxygen atoms in total. The van der Waals surface area contributed by atoms with Crippen LogP contribution in [0.3, 0.4) is 0 Å². The molecule has 0 heterocycles. The fourth-order valence-electron chi connectivity index (χ4n) is 5.00. The van der Waals surface area contributed by atoms with Crippen LogP contribution in [0.2, 0.25) is 0 Å². The highest BCUT2D eigenvalue weighted by Gasteiger charge is 2.39. The lowest BCUT2D eigenvalue weighted by Crippen LogP contribution is -2.60. The van der Waals surface area contributed by atoms with Gasteiger partial charge in [0.1, 0.15) is 12.1 Å². The number of methoxy groups -OCH3 is 1. The Morgan fingerprint density at radius 1 is 1.06 bits per heavy atom. The van der Waals surface area contributed by atoms with Crippen LogP contribution in [0.5, 0.6) is 0 Å². The average molecular weight is 481 g/mol. The first kappa shape index (κ1) is 24.7. The van der Waals surface area contributed by atoms with E-state index in [1.54, 1.807) is 0 Å². The number of ether oxygens (including phenoxy) is 2. The van der Waals surface area contributed by atoms with Crippen molar-refractivity contribution >= 4 is 18.0 Å². The van der Waals surface area contributed by atoms with Crippen molar-refractivity contribution in [1.29, 1.82) is 0 Å². The van der Waals surface area contributed by atoms with E-state index in [1.807, 2.05) is 36.4 Å². The number of carbonyl (C=O) groups is 3. The van der Waals surface area contributed by atoms with Gasteiger partial charge in [0.15, 0.2) is 0 Å². The summed E-state index contributed by atoms with van der Waals surface area (Å²) in [6.45, 7) is 1.56. The Balaban J connectivity index is 1.39. The molecule has 1 saturated carbocycles. The molecule has 1 fully saturated rings. The number of rotatable bonds is 10. The molecule has 0 spiro atoms. The summed E-state index contributed by atoms with van der Waals surface area (Å²) in [4.78, 5) is 37.4. The summed E-state index contributed by atoms with van der Waals surface area (Å²) in [5.74, 6) is -2.12. The smallest absolute Gasteiger partial charge is 0.408 e. The molecule has 35 heavy (non-hydrogen) atoms. The Labute approximate surface area is 205 Å². The highest BCUT2D eigenvalue weighted by atomic mass is 16.5. The second-order valence-electron chi connectivity index (χ2n) is 9.56. The molecule has 0 bridgehead atoms. The number of amides is 2. The Hall–Kier alpha value is -3.39. The number of carbonyl (C=O) groups excluding carboxylic acids is 2. The van der Waals surface area contributed by atoms with E-state index in [0.29, 0.717) is 0 Å². The highest BCUT2D eigenvalue weighted by molar-refractivity contribution is 5.90. The largest absolute Gasteiger partial charge is 0.481 e. The molecule has 2 aromatic carbocycles. The zero-order valence-electron chi connectivity index (χ0n) is 20.1. The van der Waals surface area contributed by atoms with E-state index >= 15 is 0 Å². The van der Waals surface area contributed by atoms with Crippen molar-refractivity contribution in [2.24, 2.45) is 11.8 Å². The first-order valence-electron chi connectivity index (χ1n) is 12.0. The second kappa shape index (κ2) is 10.5. The highest BCUT2D eigenvalue weighted by Crippen LogP contribution is 2.44. The van der Waals surface area contributed by atoms with E-state index in [0.717, 1.165) is 41.5 Å². The summed E-state index contributed by atoms with van der Waals surface area (Å²) >= 11 is 0. The number of benzene rings is 2. The molecule has 4 rings (SSSR count). The number of hydrogen-bond donors (Lipinski definition) is 3. The van der Waals surface area contributed by atoms with Crippen molar-refractivity contribution in [2.75, 3.05) is 26.9 Å². The number of nitrogens with one attached hydrogen (secondary N) is 2. The van der Waals surface area contributed by atoms with Crippen LogP contribution in [0, 0.1) is 11.8 Å². The molecule has 2 aliphatic carbocycles. The van der Waals surface area contributed by atoms with Crippen LogP contribution < -0.4 is 10.6 Å². The molecule has 2 unspecified atom stereocenters. The van der Waals surface area contributed by atoms with E-state index in [4.69, 9.17) is 9.47 Å². The normalized spacial score (nSPS) is 17.3. The molecular weight excluding hydrogens is 448 g/mol. The zero-order valence-corrected chi connectivity index (χ0v) is 20.1. The van der Waals surface area contributed by atoms with Gasteiger partial charge in [-0.05, 0) is 47.9 Å². The molecule has 0 saturated heterocycles. The predicted molar refractivity (Wildman–Crippen MR) is 130 cm³/mol. The van der Waals surface area contributed by atoms with Gasteiger partial charge in [0.2, 0.25) is 5.91 Å². The van der Waals surface area contributed by atoms with Crippen LogP contribution in [-0.2, 0) is 19.1 Å². The van der Waals surface area contributed by atoms with Crippen LogP contribution in [0.25, 0.3) is 11.1 Å². The lowest BCUT2D eigenvalue weighted by Gasteiger charge is -2.33. The van der Waals surface area contributed by atoms with Crippen LogP contribution in [0.4, 0.5) is 4.79 Å². The molecule has 2 aliphatic rings. The minimum Gasteiger partial charge on any atom is -0.481 e. The van der Waals surface area contributed by atoms with Gasteiger partial charge in [0.05, 0.1) is 12.5 Å². The lowest BCUT2D eigenvalue weighted by molar-refractivity contribution is -0.145. The number of alkyl carbamates (subject to hydrolysis) is 1. The molecule has 0 radical (unpaired) electrons. The Morgan fingerprint density at radius 2 is 1.66 bits per heavy atom. The molecule has 2 atom stereocenters. The first-order chi connectivity index (χ1) is 16.8. The monoisotopic (exact) mass is 480 g/mol. The topological polar surface area (TPSA) is 114 Å². The molecule has 2 aromatic rings. The van der Waals surface area contributed by atoms with Crippen molar-refractivity contribution in [3.05, 3.63) is 59.7 Å². The molecule has 8 heteroatoms. The number of carboxylic acid groups (broad SMARTS) is 1. The quantitative estimate of drug-likeness (QED) is 0.479. The summed E-state index contributed by atoms with van der Waals surface area (Å²) in [6, 6.07) is 16.1. The summed E-state index contributed by atoms with van der Waals surface area (Å²) in [6.07, 6.45) is 1.96. The number of carboxylic acids is 1. The zero-order chi connectivity index (χ0) is 25.0. The Kier molecular flexibility index (Phi) is 7.40. The van der Waals surface area contributed by atoms with Crippen molar-refractivity contribution in [1.82, 2.24) is 10.6 Å². The molecule has 186 valence electrons. The maximum atomic E-state index is 13.0. The first-order valence-corrected chi connectivity index (χ1v) is 12.0. The minimum atomic E-state index is -1.42. The van der Waals surface area contributed by atoms with Crippen molar-refractivity contribution in [2.45, 2.75) is 37.6 Å². The Bertz CT molecular complexity index is 1050. The van der Waals surface area contributed by atoms with Crippen molar-refractivity contribution in [3.8, 4) is 11.1 Å². The lowest BCUT2D eigenvalue weighted by atomic mass is 9.76. The summed E-state index contributed by atoms with van der Waals surface area (Å²) in [5, 5.41) is 14.8. The van der Waals surface area contributed by atoms with Gasteiger partial charge in [0.25, 0.3) is 0 Å². The van der Waals surface area contributed by atoms with Gasteiger partial charge in [-0.15, -0.1) is 0 Å². The summed E-state index contributed by atoms with van der Waals surface area (Å²) < 4.78 is 10.8. The third-order valence-corrected chi connectivity index (χ3v) is 7.17. The van der Waals surface area contributed by atoms with Gasteiger partial charge in [-0.3, -0.25) is 9.59 Å². The maximum absolute atomic E-state index is 13.0. The fraction of sp³-hybridized carbons (Fsp3) is 0.444. The van der Waals surface area contributed by atoms with E-state index < -0.39 is 29.4 Å². The van der Waals surface area contributed by atoms with E-state index in [2.05, 4.69) is 22.8 Å². The second-order valence-corrected chi connectivity index (χ2v) is 9.56. The Morgan fingerprint density at radius 3 is 2.17 bits per heavy atom. The van der Waals surface area contributed by atoms with Crippen LogP contribution in [0.1, 0.15) is 43.2 Å². The maximum Gasteiger partial charge on any atom is 0.408 e. The van der Waals surface area contributed by atoms with E-state index in [1.165, 1.54) is 14.0 Å². The van der Waals surface area contributed by atoms with Crippen LogP contribution in [0.15, 0.2) is 48.5 Å². The SMILES string of the molecule is COCC(C)(NC(=O)OCC1c2ccccc2-c2ccccc21)C(=O)NCC(C(=O)O)C1CCC1. The van der Waals surface area contributed by atoms with E-state index in [9.17, 15) is 19.5 Å². The number of hydrogen-bond acceptors (Lipinski definition) is 5. The van der Waals surface area contributed by atoms with Crippen molar-refractivity contribution in [3.63, 3.8) is 0 Å². The summed E-state index contributed by atoms with van der Waals surface area (Å²) in [5.41, 5.74) is 3.02. The average Bonchev–Trinajstić information content (AvgIpc) is 3.12. The van der Waals surface area contributed by atoms with Gasteiger partial charge in [0, 0.05) is 19.6 Å². The van der Waals surface area contributed by atoms with E-state index in [-0.39, 0.29) is 31.6 Å². The van der Waals surface area contributed by atoms with Gasteiger partial charge < -0.3 is 25.2 Å². The van der Waals surface area contributed by atoms with Gasteiger partial charge in [-0.25, -0.2) is 4.79 Å². The molecule has 0 aliphatic heterocycles. The van der Waals surface area contributed by atoms with Crippen molar-refractivity contribution < 1.29 is 29.0 Å². The van der Waals surface area contributed by atoms with Gasteiger partial charge >= 0.3 is 12.1 Å². The molecule has 0 aromatic heterocycles. The predicted octanol–water partition coefficient (Wildman–Crippen LogP) is 3.55. The minimum absolute atomic E-state index is 0.00447.